The summed E-state index contributed by atoms with van der Waals surface area (Å²) in [6.07, 6.45) is 2.42. The largest absolute Gasteiger partial charge is 0.332 e. The van der Waals surface area contributed by atoms with Crippen molar-refractivity contribution in [1.29, 1.82) is 0 Å². The van der Waals surface area contributed by atoms with E-state index in [4.69, 9.17) is 11.6 Å². The molecule has 0 spiro atoms. The summed E-state index contributed by atoms with van der Waals surface area (Å²) in [7, 11) is 3.04. The zero-order chi connectivity index (χ0) is 21.3. The Morgan fingerprint density at radius 2 is 1.79 bits per heavy atom. The molecule has 29 heavy (non-hydrogen) atoms. The van der Waals surface area contributed by atoms with Gasteiger partial charge in [-0.15, -0.1) is 11.8 Å². The van der Waals surface area contributed by atoms with E-state index in [2.05, 4.69) is 18.8 Å². The molecule has 8 heteroatoms. The molecule has 0 bridgehead atoms. The topological polar surface area (TPSA) is 74.0 Å². The van der Waals surface area contributed by atoms with E-state index in [1.165, 1.54) is 23.4 Å². The molecular formula is C21H22ClN3O3S. The van der Waals surface area contributed by atoms with E-state index in [1.807, 2.05) is 0 Å². The zero-order valence-corrected chi connectivity index (χ0v) is 18.3. The number of ketones is 1. The van der Waals surface area contributed by atoms with Crippen LogP contribution in [0, 0.1) is 5.92 Å². The molecule has 0 aliphatic heterocycles. The van der Waals surface area contributed by atoms with Crippen LogP contribution < -0.4 is 11.2 Å². The van der Waals surface area contributed by atoms with Gasteiger partial charge in [0.15, 0.2) is 5.78 Å². The number of rotatable bonds is 6. The lowest BCUT2D eigenvalue weighted by Crippen LogP contribution is -2.37. The Hall–Kier alpha value is -2.38. The number of Topliss-reactive ketones (excluding diaryl/α,β-unsaturated/α-hetero) is 1. The molecule has 6 nitrogen and oxygen atoms in total. The molecule has 0 aliphatic carbocycles. The molecule has 0 N–H and O–H groups in total. The van der Waals surface area contributed by atoms with E-state index in [0.29, 0.717) is 38.9 Å². The Kier molecular flexibility index (Phi) is 6.29. The van der Waals surface area contributed by atoms with Crippen molar-refractivity contribution in [2.45, 2.75) is 25.2 Å². The summed E-state index contributed by atoms with van der Waals surface area (Å²) < 4.78 is 2.44. The number of carbonyl (C=O) groups is 1. The van der Waals surface area contributed by atoms with Crippen LogP contribution in [0.1, 0.15) is 29.8 Å². The first-order valence-electron chi connectivity index (χ1n) is 9.19. The van der Waals surface area contributed by atoms with E-state index in [0.717, 1.165) is 10.1 Å². The molecular weight excluding hydrogens is 410 g/mol. The van der Waals surface area contributed by atoms with Gasteiger partial charge in [-0.2, -0.15) is 0 Å². The highest BCUT2D eigenvalue weighted by Gasteiger charge is 2.19. The van der Waals surface area contributed by atoms with Crippen molar-refractivity contribution in [3.05, 3.63) is 67.4 Å². The lowest BCUT2D eigenvalue weighted by molar-refractivity contribution is 0.102. The standard InChI is InChI=1S/C21H22ClN3O3S/c1-12(2)9-14-10-23-19-17(20(27)25(4)21(28)24(19)3)18(14)29-11-16(26)13-5-7-15(22)8-6-13/h5-8,10,12H,9,11H2,1-4H3. The second-order valence-electron chi connectivity index (χ2n) is 7.33. The Balaban J connectivity index is 2.10. The van der Waals surface area contributed by atoms with Crippen LogP contribution in [-0.2, 0) is 20.5 Å². The van der Waals surface area contributed by atoms with Gasteiger partial charge < -0.3 is 0 Å². The predicted molar refractivity (Wildman–Crippen MR) is 117 cm³/mol. The van der Waals surface area contributed by atoms with Gasteiger partial charge >= 0.3 is 5.69 Å². The fourth-order valence-corrected chi connectivity index (χ4v) is 4.36. The summed E-state index contributed by atoms with van der Waals surface area (Å²) in [5.41, 5.74) is 0.956. The molecule has 152 valence electrons. The van der Waals surface area contributed by atoms with Crippen LogP contribution in [0.4, 0.5) is 0 Å². The van der Waals surface area contributed by atoms with Crippen molar-refractivity contribution in [3.63, 3.8) is 0 Å². The van der Waals surface area contributed by atoms with E-state index >= 15 is 0 Å². The Morgan fingerprint density at radius 1 is 1.14 bits per heavy atom. The van der Waals surface area contributed by atoms with Crippen LogP contribution in [0.2, 0.25) is 5.02 Å². The van der Waals surface area contributed by atoms with Gasteiger partial charge in [0.2, 0.25) is 0 Å². The first-order valence-corrected chi connectivity index (χ1v) is 10.6. The van der Waals surface area contributed by atoms with E-state index < -0.39 is 11.2 Å². The second-order valence-corrected chi connectivity index (χ2v) is 8.76. The Labute approximate surface area is 177 Å². The summed E-state index contributed by atoms with van der Waals surface area (Å²) in [5, 5.41) is 0.944. The molecule has 0 saturated heterocycles. The number of carbonyl (C=O) groups excluding carboxylic acids is 1. The SMILES string of the molecule is CC(C)Cc1cnc2c(c1SCC(=O)c1ccc(Cl)cc1)c(=O)n(C)c(=O)n2C. The van der Waals surface area contributed by atoms with E-state index in [-0.39, 0.29) is 11.5 Å². The quantitative estimate of drug-likeness (QED) is 0.441. The normalized spacial score (nSPS) is 11.4. The number of nitrogens with zero attached hydrogens (tertiary/aromatic N) is 3. The smallest absolute Gasteiger partial charge is 0.293 e. The van der Waals surface area contributed by atoms with Gasteiger partial charge in [-0.25, -0.2) is 9.78 Å². The van der Waals surface area contributed by atoms with Crippen LogP contribution in [0.5, 0.6) is 0 Å². The molecule has 0 saturated carbocycles. The molecule has 3 rings (SSSR count). The van der Waals surface area contributed by atoms with Crippen molar-refractivity contribution < 1.29 is 4.79 Å². The lowest BCUT2D eigenvalue weighted by atomic mass is 10.0. The predicted octanol–water partition coefficient (Wildman–Crippen LogP) is 3.46. The van der Waals surface area contributed by atoms with E-state index in [1.54, 1.807) is 37.5 Å². The Morgan fingerprint density at radius 3 is 2.41 bits per heavy atom. The highest BCUT2D eigenvalue weighted by molar-refractivity contribution is 8.00. The summed E-state index contributed by atoms with van der Waals surface area (Å²) in [5.74, 6) is 0.448. The fraction of sp³-hybridized carbons (Fsp3) is 0.333. The minimum atomic E-state index is -0.431. The lowest BCUT2D eigenvalue weighted by Gasteiger charge is -2.15. The van der Waals surface area contributed by atoms with Crippen molar-refractivity contribution in [3.8, 4) is 0 Å². The van der Waals surface area contributed by atoms with Crippen molar-refractivity contribution in [2.75, 3.05) is 5.75 Å². The van der Waals surface area contributed by atoms with Gasteiger partial charge in [0.1, 0.15) is 5.65 Å². The van der Waals surface area contributed by atoms with Crippen molar-refractivity contribution in [1.82, 2.24) is 14.1 Å². The summed E-state index contributed by atoms with van der Waals surface area (Å²) in [4.78, 5) is 42.9. The molecule has 0 fully saturated rings. The van der Waals surface area contributed by atoms with Crippen LogP contribution in [0.15, 0.2) is 44.9 Å². The maximum Gasteiger partial charge on any atom is 0.332 e. The monoisotopic (exact) mass is 431 g/mol. The fourth-order valence-electron chi connectivity index (χ4n) is 3.15. The van der Waals surface area contributed by atoms with Gasteiger partial charge in [-0.05, 0) is 42.2 Å². The number of hydrogen-bond donors (Lipinski definition) is 0. The number of thioether (sulfide) groups is 1. The molecule has 2 aromatic heterocycles. The number of aryl methyl sites for hydroxylation is 1. The van der Waals surface area contributed by atoms with E-state index in [9.17, 15) is 14.4 Å². The average Bonchev–Trinajstić information content (AvgIpc) is 2.69. The van der Waals surface area contributed by atoms with Gasteiger partial charge in [0.05, 0.1) is 11.1 Å². The number of pyridine rings is 1. The zero-order valence-electron chi connectivity index (χ0n) is 16.7. The number of aromatic nitrogens is 3. The molecule has 0 amide bonds. The van der Waals surface area contributed by atoms with Crippen LogP contribution in [0.3, 0.4) is 0 Å². The minimum absolute atomic E-state index is 0.0613. The third kappa shape index (κ3) is 4.31. The molecule has 1 aromatic carbocycles. The maximum atomic E-state index is 12.9. The second kappa shape index (κ2) is 8.55. The number of halogens is 1. The molecule has 0 radical (unpaired) electrons. The average molecular weight is 432 g/mol. The summed E-state index contributed by atoms with van der Waals surface area (Å²) in [6.45, 7) is 4.16. The third-order valence-electron chi connectivity index (χ3n) is 4.64. The molecule has 3 aromatic rings. The maximum absolute atomic E-state index is 12.9. The summed E-state index contributed by atoms with van der Waals surface area (Å²) >= 11 is 7.21. The molecule has 2 heterocycles. The van der Waals surface area contributed by atoms with Crippen molar-refractivity contribution >= 4 is 40.2 Å². The van der Waals surface area contributed by atoms with Gasteiger partial charge in [-0.1, -0.05) is 25.4 Å². The van der Waals surface area contributed by atoms with Crippen LogP contribution >= 0.6 is 23.4 Å². The molecule has 0 unspecified atom stereocenters. The number of hydrogen-bond acceptors (Lipinski definition) is 5. The van der Waals surface area contributed by atoms with Gasteiger partial charge in [0.25, 0.3) is 5.56 Å². The van der Waals surface area contributed by atoms with Crippen LogP contribution in [-0.4, -0.2) is 25.7 Å². The highest BCUT2D eigenvalue weighted by atomic mass is 35.5. The highest BCUT2D eigenvalue weighted by Crippen LogP contribution is 2.30. The van der Waals surface area contributed by atoms with Gasteiger partial charge in [0, 0.05) is 35.8 Å². The minimum Gasteiger partial charge on any atom is -0.293 e. The summed E-state index contributed by atoms with van der Waals surface area (Å²) in [6, 6.07) is 6.73. The third-order valence-corrected chi connectivity index (χ3v) is 6.05. The van der Waals surface area contributed by atoms with Crippen molar-refractivity contribution in [2.24, 2.45) is 20.0 Å². The number of benzene rings is 1. The Bertz CT molecular complexity index is 1200. The van der Waals surface area contributed by atoms with Gasteiger partial charge in [-0.3, -0.25) is 18.7 Å². The van der Waals surface area contributed by atoms with Crippen LogP contribution in [0.25, 0.3) is 11.0 Å². The molecule has 0 aliphatic rings. The first-order chi connectivity index (χ1) is 13.7. The molecule has 0 atom stereocenters. The first kappa shape index (κ1) is 21.3. The number of fused-ring (bicyclic) bond motifs is 1.